The third kappa shape index (κ3) is 5.97. The van der Waals surface area contributed by atoms with Crippen molar-refractivity contribution in [3.63, 3.8) is 0 Å². The molecule has 10 heteroatoms. The first-order chi connectivity index (χ1) is 11.1. The highest BCUT2D eigenvalue weighted by molar-refractivity contribution is 6.20. The molecule has 1 fully saturated rings. The van der Waals surface area contributed by atoms with Crippen LogP contribution >= 0.6 is 11.6 Å². The number of hydrogen-bond acceptors (Lipinski definition) is 8. The number of nitrogens with one attached hydrogen (secondary N) is 1. The highest BCUT2D eigenvalue weighted by atomic mass is 35.5. The number of carbonyl (C=O) groups is 4. The van der Waals surface area contributed by atoms with Crippen molar-refractivity contribution < 1.29 is 38.1 Å². The summed E-state index contributed by atoms with van der Waals surface area (Å²) in [6, 6.07) is -0.953. The molecule has 1 heterocycles. The Kier molecular flexibility index (Phi) is 7.43. The van der Waals surface area contributed by atoms with Crippen LogP contribution < -0.4 is 5.32 Å². The Morgan fingerprint density at radius 2 is 1.50 bits per heavy atom. The minimum Gasteiger partial charge on any atom is -0.463 e. The largest absolute Gasteiger partial charge is 0.463 e. The predicted octanol–water partition coefficient (Wildman–Crippen LogP) is -0.119. The van der Waals surface area contributed by atoms with E-state index in [1.54, 1.807) is 0 Å². The zero-order valence-corrected chi connectivity index (χ0v) is 14.5. The van der Waals surface area contributed by atoms with E-state index < -0.39 is 53.7 Å². The number of amides is 1. The minimum atomic E-state index is -1.11. The standard InChI is InChI=1S/C14H20ClNO8/c1-6(17)16-11-13(23-9(4)20)12(22-8(3)19)10(24-14(11)15)5-21-7(2)18/h10-14H,5H2,1-4H3,(H,16,17)/t10-,11-,12-,13-,14-/m1/s1. The lowest BCUT2D eigenvalue weighted by atomic mass is 9.97. The summed E-state index contributed by atoms with van der Waals surface area (Å²) >= 11 is 6.11. The van der Waals surface area contributed by atoms with Crippen LogP contribution in [0.1, 0.15) is 27.7 Å². The van der Waals surface area contributed by atoms with E-state index in [-0.39, 0.29) is 6.61 Å². The van der Waals surface area contributed by atoms with Crippen molar-refractivity contribution in [3.8, 4) is 0 Å². The van der Waals surface area contributed by atoms with Crippen LogP contribution in [0.25, 0.3) is 0 Å². The van der Waals surface area contributed by atoms with Gasteiger partial charge >= 0.3 is 17.9 Å². The first-order valence-electron chi connectivity index (χ1n) is 7.16. The van der Waals surface area contributed by atoms with Gasteiger partial charge in [-0.1, -0.05) is 11.6 Å². The average molecular weight is 366 g/mol. The number of ether oxygens (including phenoxy) is 4. The van der Waals surface area contributed by atoms with Crippen molar-refractivity contribution in [1.29, 1.82) is 0 Å². The van der Waals surface area contributed by atoms with Gasteiger partial charge in [-0.25, -0.2) is 0 Å². The minimum absolute atomic E-state index is 0.263. The lowest BCUT2D eigenvalue weighted by Gasteiger charge is -2.43. The molecule has 0 aromatic heterocycles. The van der Waals surface area contributed by atoms with Crippen LogP contribution in [0.15, 0.2) is 0 Å². The van der Waals surface area contributed by atoms with Crippen molar-refractivity contribution in [2.45, 2.75) is 57.6 Å². The number of carbonyl (C=O) groups excluding carboxylic acids is 4. The Balaban J connectivity index is 3.11. The van der Waals surface area contributed by atoms with Crippen LogP contribution in [-0.4, -0.2) is 60.3 Å². The van der Waals surface area contributed by atoms with E-state index in [9.17, 15) is 19.2 Å². The molecule has 1 saturated heterocycles. The molecule has 0 saturated carbocycles. The van der Waals surface area contributed by atoms with E-state index in [2.05, 4.69) is 5.32 Å². The van der Waals surface area contributed by atoms with Gasteiger partial charge in [-0.15, -0.1) is 0 Å². The Labute approximate surface area is 143 Å². The number of rotatable bonds is 5. The molecule has 0 unspecified atom stereocenters. The SMILES string of the molecule is CC(=O)N[C@@H]1[C@@H](OC(C)=O)[C@H](OC(C)=O)[C@@H](COC(C)=O)O[C@H]1Cl. The fourth-order valence-corrected chi connectivity index (χ4v) is 2.62. The zero-order valence-electron chi connectivity index (χ0n) is 13.7. The molecule has 1 aliphatic heterocycles. The fraction of sp³-hybridized carbons (Fsp3) is 0.714. The van der Waals surface area contributed by atoms with Crippen LogP contribution in [0.5, 0.6) is 0 Å². The molecule has 1 amide bonds. The molecular weight excluding hydrogens is 346 g/mol. The van der Waals surface area contributed by atoms with Gasteiger partial charge in [0, 0.05) is 27.7 Å². The van der Waals surface area contributed by atoms with Gasteiger partial charge in [0.05, 0.1) is 0 Å². The molecule has 0 aromatic rings. The van der Waals surface area contributed by atoms with Crippen LogP contribution in [0.4, 0.5) is 0 Å². The summed E-state index contributed by atoms with van der Waals surface area (Å²) in [5.41, 5.74) is -1.09. The Bertz CT molecular complexity index is 511. The molecule has 1 N–H and O–H groups in total. The van der Waals surface area contributed by atoms with Crippen molar-refractivity contribution in [2.75, 3.05) is 6.61 Å². The summed E-state index contributed by atoms with van der Waals surface area (Å²) < 4.78 is 20.7. The van der Waals surface area contributed by atoms with Crippen LogP contribution in [0, 0.1) is 0 Å². The normalized spacial score (nSPS) is 29.3. The Morgan fingerprint density at radius 3 is 1.96 bits per heavy atom. The molecule has 0 spiro atoms. The van der Waals surface area contributed by atoms with E-state index in [0.29, 0.717) is 0 Å². The quantitative estimate of drug-likeness (QED) is 0.407. The van der Waals surface area contributed by atoms with Crippen molar-refractivity contribution in [2.24, 2.45) is 0 Å². The lowest BCUT2D eigenvalue weighted by molar-refractivity contribution is -0.212. The second-order valence-corrected chi connectivity index (χ2v) is 5.63. The van der Waals surface area contributed by atoms with Crippen LogP contribution in [-0.2, 0) is 38.1 Å². The van der Waals surface area contributed by atoms with Crippen molar-refractivity contribution in [3.05, 3.63) is 0 Å². The van der Waals surface area contributed by atoms with E-state index in [1.807, 2.05) is 0 Å². The average Bonchev–Trinajstić information content (AvgIpc) is 2.42. The summed E-state index contributed by atoms with van der Waals surface area (Å²) in [7, 11) is 0. The molecule has 1 aliphatic rings. The van der Waals surface area contributed by atoms with Gasteiger partial charge in [0.2, 0.25) is 5.91 Å². The summed E-state index contributed by atoms with van der Waals surface area (Å²) in [5, 5.41) is 2.50. The van der Waals surface area contributed by atoms with Gasteiger partial charge in [-0.2, -0.15) is 0 Å². The first-order valence-corrected chi connectivity index (χ1v) is 7.60. The number of alkyl halides is 1. The van der Waals surface area contributed by atoms with Gasteiger partial charge < -0.3 is 24.3 Å². The van der Waals surface area contributed by atoms with Crippen molar-refractivity contribution in [1.82, 2.24) is 5.32 Å². The molecule has 5 atom stereocenters. The van der Waals surface area contributed by atoms with Crippen LogP contribution in [0.3, 0.4) is 0 Å². The summed E-state index contributed by atoms with van der Waals surface area (Å²) in [6.07, 6.45) is -3.18. The number of esters is 3. The van der Waals surface area contributed by atoms with Gasteiger partial charge in [0.1, 0.15) is 18.8 Å². The van der Waals surface area contributed by atoms with Crippen LogP contribution in [0.2, 0.25) is 0 Å². The van der Waals surface area contributed by atoms with E-state index in [0.717, 1.165) is 13.8 Å². The number of hydrogen-bond donors (Lipinski definition) is 1. The van der Waals surface area contributed by atoms with Gasteiger partial charge in [0.25, 0.3) is 0 Å². The molecule has 0 bridgehead atoms. The fourth-order valence-electron chi connectivity index (χ4n) is 2.28. The molecule has 0 radical (unpaired) electrons. The molecule has 1 rings (SSSR count). The smallest absolute Gasteiger partial charge is 0.303 e. The summed E-state index contributed by atoms with van der Waals surface area (Å²) in [5.74, 6) is -2.33. The first kappa shape index (κ1) is 20.2. The topological polar surface area (TPSA) is 117 Å². The molecule has 136 valence electrons. The zero-order chi connectivity index (χ0) is 18.4. The molecule has 9 nitrogen and oxygen atoms in total. The molecule has 24 heavy (non-hydrogen) atoms. The van der Waals surface area contributed by atoms with Gasteiger partial charge in [-0.05, 0) is 0 Å². The second-order valence-electron chi connectivity index (χ2n) is 5.20. The molecular formula is C14H20ClNO8. The summed E-state index contributed by atoms with van der Waals surface area (Å²) in [6.45, 7) is 4.51. The van der Waals surface area contributed by atoms with Gasteiger partial charge in [-0.3, -0.25) is 19.2 Å². The predicted molar refractivity (Wildman–Crippen MR) is 79.9 cm³/mol. The maximum Gasteiger partial charge on any atom is 0.303 e. The maximum atomic E-state index is 11.4. The Hall–Kier alpha value is -1.87. The third-order valence-electron chi connectivity index (χ3n) is 3.06. The molecule has 0 aliphatic carbocycles. The lowest BCUT2D eigenvalue weighted by Crippen LogP contribution is -2.64. The van der Waals surface area contributed by atoms with Crippen molar-refractivity contribution >= 4 is 35.4 Å². The van der Waals surface area contributed by atoms with E-state index in [1.165, 1.54) is 13.8 Å². The third-order valence-corrected chi connectivity index (χ3v) is 3.43. The Morgan fingerprint density at radius 1 is 0.958 bits per heavy atom. The highest BCUT2D eigenvalue weighted by Gasteiger charge is 2.50. The second kappa shape index (κ2) is 8.84. The van der Waals surface area contributed by atoms with E-state index in [4.69, 9.17) is 30.5 Å². The maximum absolute atomic E-state index is 11.4. The monoisotopic (exact) mass is 365 g/mol. The summed E-state index contributed by atoms with van der Waals surface area (Å²) in [4.78, 5) is 45.2. The molecule has 0 aromatic carbocycles. The van der Waals surface area contributed by atoms with Gasteiger partial charge in [0.15, 0.2) is 17.8 Å². The van der Waals surface area contributed by atoms with E-state index >= 15 is 0 Å². The highest BCUT2D eigenvalue weighted by Crippen LogP contribution is 2.28. The number of halogens is 1.